The minimum Gasteiger partial charge on any atom is -0.326 e. The molecule has 1 fully saturated rings. The molecule has 9 nitrogen and oxygen atoms in total. The zero-order valence-corrected chi connectivity index (χ0v) is 18.6. The van der Waals surface area contributed by atoms with Crippen LogP contribution < -0.4 is 16.3 Å². The fourth-order valence-electron chi connectivity index (χ4n) is 3.36. The number of nitrogens with one attached hydrogen (secondary N) is 2. The van der Waals surface area contributed by atoms with E-state index < -0.39 is 5.25 Å². The second-order valence-electron chi connectivity index (χ2n) is 7.51. The quantitative estimate of drug-likeness (QED) is 0.458. The molecule has 1 unspecified atom stereocenters. The summed E-state index contributed by atoms with van der Waals surface area (Å²) in [6.45, 7) is 1.97. The summed E-state index contributed by atoms with van der Waals surface area (Å²) in [7, 11) is 3.44. The number of rotatable bonds is 5. The first kappa shape index (κ1) is 21.6. The first-order valence-electron chi connectivity index (χ1n) is 9.92. The molecule has 0 saturated carbocycles. The van der Waals surface area contributed by atoms with Gasteiger partial charge < -0.3 is 10.6 Å². The summed E-state index contributed by atoms with van der Waals surface area (Å²) < 4.78 is 3.15. The van der Waals surface area contributed by atoms with Crippen molar-refractivity contribution < 1.29 is 9.59 Å². The van der Waals surface area contributed by atoms with Crippen molar-refractivity contribution in [1.29, 1.82) is 0 Å². The van der Waals surface area contributed by atoms with Gasteiger partial charge in [-0.25, -0.2) is 4.79 Å². The van der Waals surface area contributed by atoms with Crippen molar-refractivity contribution in [3.63, 3.8) is 0 Å². The van der Waals surface area contributed by atoms with E-state index in [-0.39, 0.29) is 23.9 Å². The Bertz CT molecular complexity index is 1320. The van der Waals surface area contributed by atoms with Crippen molar-refractivity contribution >= 4 is 51.7 Å². The lowest BCUT2D eigenvalue weighted by Gasteiger charge is -2.07. The normalized spacial score (nSPS) is 17.4. The number of hydrogen-bond donors (Lipinski definition) is 2. The largest absolute Gasteiger partial charge is 0.328 e. The summed E-state index contributed by atoms with van der Waals surface area (Å²) >= 11 is 1.17. The number of carbonyl (C=O) groups excluding carboxylic acids is 2. The minimum absolute atomic E-state index is 0.0335. The van der Waals surface area contributed by atoms with Crippen molar-refractivity contribution in [3.8, 4) is 0 Å². The van der Waals surface area contributed by atoms with Crippen molar-refractivity contribution in [2.75, 3.05) is 5.32 Å². The van der Waals surface area contributed by atoms with E-state index >= 15 is 0 Å². The summed E-state index contributed by atoms with van der Waals surface area (Å²) in [6.07, 6.45) is 1.58. The Morgan fingerprint density at radius 3 is 2.59 bits per heavy atom. The van der Waals surface area contributed by atoms with Gasteiger partial charge >= 0.3 is 5.69 Å². The molecule has 0 aliphatic carbocycles. The highest BCUT2D eigenvalue weighted by Gasteiger charge is 2.32. The Balaban J connectivity index is 1.38. The molecule has 2 N–H and O–H groups in total. The molecule has 3 aromatic rings. The summed E-state index contributed by atoms with van der Waals surface area (Å²) in [5, 5.41) is 13.3. The molecule has 1 saturated heterocycles. The molecular formula is C22H22N6O3S. The number of hydrogen-bond acceptors (Lipinski definition) is 6. The van der Waals surface area contributed by atoms with Crippen molar-refractivity contribution in [2.24, 2.45) is 24.3 Å². The Kier molecular flexibility index (Phi) is 5.95. The maximum absolute atomic E-state index is 12.3. The molecule has 1 aliphatic rings. The molecule has 2 amide bonds. The lowest BCUT2D eigenvalue weighted by molar-refractivity contribution is -0.122. The van der Waals surface area contributed by atoms with Crippen LogP contribution in [-0.2, 0) is 23.7 Å². The number of imidazole rings is 1. The predicted octanol–water partition coefficient (Wildman–Crippen LogP) is 2.14. The third-order valence-corrected chi connectivity index (χ3v) is 6.21. The topological polar surface area (TPSA) is 110 Å². The SMILES string of the molecule is Cc1ccc(NC(=O)CC2SC(=NN=Cc3ccc4c(c3)n(C)c(=O)n4C)NC2=O)cc1. The second kappa shape index (κ2) is 8.83. The summed E-state index contributed by atoms with van der Waals surface area (Å²) in [5.74, 6) is -0.517. The number of aromatic nitrogens is 2. The zero-order chi connectivity index (χ0) is 22.8. The van der Waals surface area contributed by atoms with E-state index in [1.165, 1.54) is 11.8 Å². The van der Waals surface area contributed by atoms with Gasteiger partial charge in [0.1, 0.15) is 5.25 Å². The standard InChI is InChI=1S/C22H22N6O3S/c1-13-4-7-15(8-5-13)24-19(29)11-18-20(30)25-21(32-18)26-23-12-14-6-9-16-17(10-14)28(3)22(31)27(16)2/h4-10,12,18H,11H2,1-3H3,(H,24,29)(H,25,26,30). The highest BCUT2D eigenvalue weighted by atomic mass is 32.2. The number of anilines is 1. The van der Waals surface area contributed by atoms with Crippen LogP contribution in [-0.4, -0.2) is 37.6 Å². The van der Waals surface area contributed by atoms with Gasteiger partial charge in [-0.1, -0.05) is 35.5 Å². The fraction of sp³-hybridized carbons (Fsp3) is 0.227. The van der Waals surface area contributed by atoms with Crippen LogP contribution in [0, 0.1) is 6.92 Å². The smallest absolute Gasteiger partial charge is 0.326 e. The van der Waals surface area contributed by atoms with E-state index in [0.29, 0.717) is 10.9 Å². The predicted molar refractivity (Wildman–Crippen MR) is 127 cm³/mol. The van der Waals surface area contributed by atoms with Crippen molar-refractivity contribution in [1.82, 2.24) is 14.5 Å². The Labute approximate surface area is 188 Å². The maximum atomic E-state index is 12.3. The summed E-state index contributed by atoms with van der Waals surface area (Å²) in [5.41, 5.74) is 4.07. The molecule has 1 aromatic heterocycles. The third-order valence-electron chi connectivity index (χ3n) is 5.13. The molecule has 1 aliphatic heterocycles. The van der Waals surface area contributed by atoms with Gasteiger partial charge in [0.25, 0.3) is 0 Å². The number of thioether (sulfide) groups is 1. The minimum atomic E-state index is -0.565. The molecule has 0 bridgehead atoms. The van der Waals surface area contributed by atoms with Crippen LogP contribution in [0.2, 0.25) is 0 Å². The fourth-order valence-corrected chi connectivity index (χ4v) is 4.28. The van der Waals surface area contributed by atoms with E-state index in [4.69, 9.17) is 0 Å². The Morgan fingerprint density at radius 1 is 1.12 bits per heavy atom. The van der Waals surface area contributed by atoms with E-state index in [9.17, 15) is 14.4 Å². The molecule has 4 rings (SSSR count). The van der Waals surface area contributed by atoms with E-state index in [0.717, 1.165) is 22.2 Å². The molecule has 2 aromatic carbocycles. The van der Waals surface area contributed by atoms with Gasteiger partial charge in [0, 0.05) is 26.2 Å². The zero-order valence-electron chi connectivity index (χ0n) is 17.8. The molecular weight excluding hydrogens is 428 g/mol. The average molecular weight is 451 g/mol. The first-order valence-corrected chi connectivity index (χ1v) is 10.8. The van der Waals surface area contributed by atoms with Crippen molar-refractivity contribution in [3.05, 3.63) is 64.1 Å². The van der Waals surface area contributed by atoms with Gasteiger partial charge in [0.2, 0.25) is 11.8 Å². The van der Waals surface area contributed by atoms with Crippen LogP contribution in [0.4, 0.5) is 5.69 Å². The summed E-state index contributed by atoms with van der Waals surface area (Å²) in [6, 6.07) is 13.0. The number of fused-ring (bicyclic) bond motifs is 1. The van der Waals surface area contributed by atoms with Gasteiger partial charge in [-0.3, -0.25) is 18.7 Å². The highest BCUT2D eigenvalue weighted by Crippen LogP contribution is 2.23. The lowest BCUT2D eigenvalue weighted by Crippen LogP contribution is -2.28. The van der Waals surface area contributed by atoms with Gasteiger partial charge in [0.15, 0.2) is 5.17 Å². The summed E-state index contributed by atoms with van der Waals surface area (Å²) in [4.78, 5) is 36.5. The number of benzene rings is 2. The highest BCUT2D eigenvalue weighted by molar-refractivity contribution is 8.15. The maximum Gasteiger partial charge on any atom is 0.328 e. The average Bonchev–Trinajstić information content (AvgIpc) is 3.21. The Hall–Kier alpha value is -3.66. The number of nitrogens with zero attached hydrogens (tertiary/aromatic N) is 4. The molecule has 2 heterocycles. The number of carbonyl (C=O) groups is 2. The van der Waals surface area contributed by atoms with Gasteiger partial charge in [0.05, 0.1) is 17.2 Å². The van der Waals surface area contributed by atoms with Crippen LogP contribution in [0.3, 0.4) is 0 Å². The Morgan fingerprint density at radius 2 is 1.84 bits per heavy atom. The first-order chi connectivity index (χ1) is 15.3. The van der Waals surface area contributed by atoms with Crippen LogP contribution in [0.15, 0.2) is 57.5 Å². The van der Waals surface area contributed by atoms with E-state index in [2.05, 4.69) is 20.8 Å². The molecule has 32 heavy (non-hydrogen) atoms. The van der Waals surface area contributed by atoms with Crippen LogP contribution in [0.1, 0.15) is 17.5 Å². The van der Waals surface area contributed by atoms with Crippen LogP contribution in [0.5, 0.6) is 0 Å². The monoisotopic (exact) mass is 450 g/mol. The molecule has 10 heteroatoms. The van der Waals surface area contributed by atoms with Crippen molar-refractivity contribution in [2.45, 2.75) is 18.6 Å². The van der Waals surface area contributed by atoms with E-state index in [1.54, 1.807) is 29.4 Å². The molecule has 0 spiro atoms. The third kappa shape index (κ3) is 4.50. The van der Waals surface area contributed by atoms with E-state index in [1.807, 2.05) is 49.4 Å². The molecule has 0 radical (unpaired) electrons. The lowest BCUT2D eigenvalue weighted by atomic mass is 10.2. The van der Waals surface area contributed by atoms with Crippen LogP contribution in [0.25, 0.3) is 11.0 Å². The molecule has 1 atom stereocenters. The van der Waals surface area contributed by atoms with Gasteiger partial charge in [-0.2, -0.15) is 5.10 Å². The van der Waals surface area contributed by atoms with Crippen LogP contribution >= 0.6 is 11.8 Å². The van der Waals surface area contributed by atoms with Gasteiger partial charge in [-0.05, 0) is 36.8 Å². The number of amidine groups is 1. The number of aryl methyl sites for hydroxylation is 3. The number of amides is 2. The molecule has 164 valence electrons. The second-order valence-corrected chi connectivity index (χ2v) is 8.70. The van der Waals surface area contributed by atoms with Gasteiger partial charge in [-0.15, -0.1) is 5.10 Å².